The largest absolute Gasteiger partial charge is 0.293 e. The van der Waals surface area contributed by atoms with E-state index >= 15 is 0 Å². The predicted octanol–water partition coefficient (Wildman–Crippen LogP) is 2.79. The predicted molar refractivity (Wildman–Crippen MR) is 53.2 cm³/mol. The second kappa shape index (κ2) is 4.20. The van der Waals surface area contributed by atoms with Crippen LogP contribution < -0.4 is 0 Å². The molecule has 13 heavy (non-hydrogen) atoms. The highest BCUT2D eigenvalue weighted by atomic mass is 79.9. The Morgan fingerprint density at radius 3 is 2.85 bits per heavy atom. The van der Waals surface area contributed by atoms with E-state index in [0.717, 1.165) is 4.47 Å². The summed E-state index contributed by atoms with van der Waals surface area (Å²) < 4.78 is 0.850. The van der Waals surface area contributed by atoms with E-state index in [-0.39, 0.29) is 5.78 Å². The number of hydrogen-bond donors (Lipinski definition) is 0. The highest BCUT2D eigenvalue weighted by Crippen LogP contribution is 2.14. The van der Waals surface area contributed by atoms with Gasteiger partial charge in [-0.2, -0.15) is 5.26 Å². The van der Waals surface area contributed by atoms with Crippen LogP contribution in [0.5, 0.6) is 0 Å². The number of nitriles is 1. The lowest BCUT2D eigenvalue weighted by Crippen LogP contribution is -2.08. The molecule has 1 unspecified atom stereocenters. The van der Waals surface area contributed by atoms with Crippen molar-refractivity contribution in [1.82, 2.24) is 0 Å². The average Bonchev–Trinajstić information content (AvgIpc) is 2.15. The molecule has 3 heteroatoms. The van der Waals surface area contributed by atoms with E-state index in [1.807, 2.05) is 12.1 Å². The standard InChI is InChI=1S/C10H8BrNO/c1-7(6-12)10(13)8-3-2-4-9(11)5-8/h2-5,7H,1H3. The van der Waals surface area contributed by atoms with Crippen LogP contribution in [0.1, 0.15) is 17.3 Å². The lowest BCUT2D eigenvalue weighted by atomic mass is 10.0. The summed E-state index contributed by atoms with van der Waals surface area (Å²) in [5, 5.41) is 8.55. The zero-order chi connectivity index (χ0) is 9.84. The van der Waals surface area contributed by atoms with Gasteiger partial charge in [0.05, 0.1) is 6.07 Å². The van der Waals surface area contributed by atoms with Crippen LogP contribution in [-0.4, -0.2) is 5.78 Å². The van der Waals surface area contributed by atoms with E-state index < -0.39 is 5.92 Å². The summed E-state index contributed by atoms with van der Waals surface area (Å²) >= 11 is 3.27. The Morgan fingerprint density at radius 1 is 1.62 bits per heavy atom. The molecular formula is C10H8BrNO. The quantitative estimate of drug-likeness (QED) is 0.743. The van der Waals surface area contributed by atoms with Gasteiger partial charge in [-0.05, 0) is 19.1 Å². The normalized spacial score (nSPS) is 11.8. The zero-order valence-electron chi connectivity index (χ0n) is 7.12. The minimum Gasteiger partial charge on any atom is -0.293 e. The van der Waals surface area contributed by atoms with Gasteiger partial charge >= 0.3 is 0 Å². The van der Waals surface area contributed by atoms with E-state index in [1.54, 1.807) is 25.1 Å². The van der Waals surface area contributed by atoms with Gasteiger partial charge in [-0.1, -0.05) is 28.1 Å². The molecule has 0 spiro atoms. The molecule has 0 saturated carbocycles. The van der Waals surface area contributed by atoms with Crippen LogP contribution in [0.25, 0.3) is 0 Å². The minimum atomic E-state index is -0.575. The van der Waals surface area contributed by atoms with E-state index in [0.29, 0.717) is 5.56 Å². The number of nitrogens with zero attached hydrogens (tertiary/aromatic N) is 1. The maximum Gasteiger partial charge on any atom is 0.179 e. The van der Waals surface area contributed by atoms with Crippen LogP contribution in [0.4, 0.5) is 0 Å². The molecule has 0 aliphatic heterocycles. The molecule has 1 aromatic carbocycles. The summed E-state index contributed by atoms with van der Waals surface area (Å²) in [6.45, 7) is 1.60. The van der Waals surface area contributed by atoms with Crippen LogP contribution in [0.15, 0.2) is 28.7 Å². The van der Waals surface area contributed by atoms with Crippen LogP contribution in [0.3, 0.4) is 0 Å². The van der Waals surface area contributed by atoms with Gasteiger partial charge in [0.1, 0.15) is 5.92 Å². The van der Waals surface area contributed by atoms with Crippen molar-refractivity contribution in [1.29, 1.82) is 5.26 Å². The minimum absolute atomic E-state index is 0.135. The third-order valence-electron chi connectivity index (χ3n) is 1.70. The summed E-state index contributed by atoms with van der Waals surface area (Å²) in [5.74, 6) is -0.710. The average molecular weight is 238 g/mol. The molecule has 0 saturated heterocycles. The first-order valence-corrected chi connectivity index (χ1v) is 4.64. The van der Waals surface area contributed by atoms with Crippen molar-refractivity contribution < 1.29 is 4.79 Å². The lowest BCUT2D eigenvalue weighted by molar-refractivity contribution is 0.0956. The van der Waals surface area contributed by atoms with Crippen molar-refractivity contribution in [3.63, 3.8) is 0 Å². The zero-order valence-corrected chi connectivity index (χ0v) is 8.71. The van der Waals surface area contributed by atoms with Crippen molar-refractivity contribution in [2.24, 2.45) is 5.92 Å². The molecule has 0 radical (unpaired) electrons. The van der Waals surface area contributed by atoms with E-state index in [9.17, 15) is 4.79 Å². The van der Waals surface area contributed by atoms with Gasteiger partial charge in [-0.25, -0.2) is 0 Å². The number of hydrogen-bond acceptors (Lipinski definition) is 2. The number of benzene rings is 1. The van der Waals surface area contributed by atoms with Crippen molar-refractivity contribution in [3.8, 4) is 6.07 Å². The fourth-order valence-corrected chi connectivity index (χ4v) is 1.35. The summed E-state index contributed by atoms with van der Waals surface area (Å²) in [4.78, 5) is 11.5. The molecule has 0 bridgehead atoms. The molecule has 0 aliphatic rings. The molecule has 0 N–H and O–H groups in total. The number of halogens is 1. The second-order valence-corrected chi connectivity index (χ2v) is 3.64. The SMILES string of the molecule is CC(C#N)C(=O)c1cccc(Br)c1. The summed E-state index contributed by atoms with van der Waals surface area (Å²) in [5.41, 5.74) is 0.573. The molecule has 2 nitrogen and oxygen atoms in total. The topological polar surface area (TPSA) is 40.9 Å². The highest BCUT2D eigenvalue weighted by Gasteiger charge is 2.13. The van der Waals surface area contributed by atoms with Gasteiger partial charge in [-0.15, -0.1) is 0 Å². The highest BCUT2D eigenvalue weighted by molar-refractivity contribution is 9.10. The Morgan fingerprint density at radius 2 is 2.31 bits per heavy atom. The number of Topliss-reactive ketones (excluding diaryl/α,β-unsaturated/α-hetero) is 1. The maximum atomic E-state index is 11.5. The molecular weight excluding hydrogens is 230 g/mol. The molecule has 1 aromatic rings. The van der Waals surface area contributed by atoms with Gasteiger partial charge in [0, 0.05) is 10.0 Å². The molecule has 66 valence electrons. The molecule has 0 aliphatic carbocycles. The fourth-order valence-electron chi connectivity index (χ4n) is 0.950. The Hall–Kier alpha value is -1.14. The van der Waals surface area contributed by atoms with Crippen LogP contribution in [0, 0.1) is 17.2 Å². The Balaban J connectivity index is 2.97. The smallest absolute Gasteiger partial charge is 0.179 e. The second-order valence-electron chi connectivity index (χ2n) is 2.73. The Labute approximate surface area is 85.3 Å². The van der Waals surface area contributed by atoms with E-state index in [4.69, 9.17) is 5.26 Å². The Kier molecular flexibility index (Phi) is 3.21. The maximum absolute atomic E-state index is 11.5. The first kappa shape index (κ1) is 9.94. The number of carbonyl (C=O) groups excluding carboxylic acids is 1. The number of ketones is 1. The van der Waals surface area contributed by atoms with Crippen molar-refractivity contribution in [3.05, 3.63) is 34.3 Å². The third-order valence-corrected chi connectivity index (χ3v) is 2.19. The number of carbonyl (C=O) groups is 1. The molecule has 0 amide bonds. The van der Waals surface area contributed by atoms with Crippen molar-refractivity contribution in [2.45, 2.75) is 6.92 Å². The van der Waals surface area contributed by atoms with E-state index in [1.165, 1.54) is 0 Å². The van der Waals surface area contributed by atoms with Crippen molar-refractivity contribution >= 4 is 21.7 Å². The number of rotatable bonds is 2. The lowest BCUT2D eigenvalue weighted by Gasteiger charge is -2.01. The summed E-state index contributed by atoms with van der Waals surface area (Å²) in [7, 11) is 0. The van der Waals surface area contributed by atoms with Gasteiger partial charge in [0.25, 0.3) is 0 Å². The Bertz CT molecular complexity index is 367. The summed E-state index contributed by atoms with van der Waals surface area (Å²) in [6.07, 6.45) is 0. The third kappa shape index (κ3) is 2.40. The van der Waals surface area contributed by atoms with Gasteiger partial charge in [0.2, 0.25) is 0 Å². The van der Waals surface area contributed by atoms with Gasteiger partial charge < -0.3 is 0 Å². The monoisotopic (exact) mass is 237 g/mol. The first-order valence-electron chi connectivity index (χ1n) is 3.84. The van der Waals surface area contributed by atoms with Crippen LogP contribution in [-0.2, 0) is 0 Å². The van der Waals surface area contributed by atoms with Crippen molar-refractivity contribution in [2.75, 3.05) is 0 Å². The molecule has 1 rings (SSSR count). The van der Waals surface area contributed by atoms with Gasteiger partial charge in [-0.3, -0.25) is 4.79 Å². The molecule has 0 aromatic heterocycles. The molecule has 0 fully saturated rings. The van der Waals surface area contributed by atoms with Crippen LogP contribution >= 0.6 is 15.9 Å². The van der Waals surface area contributed by atoms with E-state index in [2.05, 4.69) is 15.9 Å². The van der Waals surface area contributed by atoms with Gasteiger partial charge in [0.15, 0.2) is 5.78 Å². The fraction of sp³-hybridized carbons (Fsp3) is 0.200. The molecule has 0 heterocycles. The molecule has 1 atom stereocenters. The first-order chi connectivity index (χ1) is 6.15. The summed E-state index contributed by atoms with van der Waals surface area (Å²) in [6, 6.07) is 8.97. The van der Waals surface area contributed by atoms with Crippen LogP contribution in [0.2, 0.25) is 0 Å².